The Morgan fingerprint density at radius 3 is 2.89 bits per heavy atom. The van der Waals surface area contributed by atoms with Crippen molar-refractivity contribution in [2.45, 2.75) is 18.9 Å². The van der Waals surface area contributed by atoms with Crippen LogP contribution in [0.2, 0.25) is 0 Å². The molecule has 5 nitrogen and oxygen atoms in total. The summed E-state index contributed by atoms with van der Waals surface area (Å²) in [5, 5.41) is 4.17. The van der Waals surface area contributed by atoms with Crippen molar-refractivity contribution in [2.24, 2.45) is 12.9 Å². The number of nitrogens with two attached hydrogens (primary N) is 1. The van der Waals surface area contributed by atoms with Crippen molar-refractivity contribution in [3.8, 4) is 5.75 Å². The van der Waals surface area contributed by atoms with Crippen LogP contribution in [-0.2, 0) is 13.5 Å². The Morgan fingerprint density at radius 1 is 1.42 bits per heavy atom. The van der Waals surface area contributed by atoms with E-state index in [-0.39, 0.29) is 6.04 Å². The van der Waals surface area contributed by atoms with E-state index in [1.54, 1.807) is 7.11 Å². The van der Waals surface area contributed by atoms with Crippen LogP contribution in [0.15, 0.2) is 36.5 Å². The van der Waals surface area contributed by atoms with Crippen LogP contribution >= 0.6 is 0 Å². The number of ether oxygens (including phenoxy) is 1. The molecule has 2 aromatic rings. The van der Waals surface area contributed by atoms with Crippen LogP contribution in [0.1, 0.15) is 23.7 Å². The molecule has 2 rings (SSSR count). The SMILES string of the molecule is COc1cccc(C(CCc2ccnn2C)NN)c1. The van der Waals surface area contributed by atoms with Gasteiger partial charge in [-0.3, -0.25) is 16.0 Å². The fourth-order valence-corrected chi connectivity index (χ4v) is 2.14. The maximum Gasteiger partial charge on any atom is 0.119 e. The molecule has 0 saturated carbocycles. The molecule has 1 atom stereocenters. The van der Waals surface area contributed by atoms with Gasteiger partial charge in [0.25, 0.3) is 0 Å². The highest BCUT2D eigenvalue weighted by molar-refractivity contribution is 5.30. The largest absolute Gasteiger partial charge is 0.497 e. The Labute approximate surface area is 113 Å². The van der Waals surface area contributed by atoms with Gasteiger partial charge in [0.05, 0.1) is 7.11 Å². The summed E-state index contributed by atoms with van der Waals surface area (Å²) in [5.74, 6) is 6.51. The van der Waals surface area contributed by atoms with Gasteiger partial charge in [-0.2, -0.15) is 5.10 Å². The zero-order valence-electron chi connectivity index (χ0n) is 11.3. The van der Waals surface area contributed by atoms with Gasteiger partial charge < -0.3 is 4.74 Å². The van der Waals surface area contributed by atoms with Gasteiger partial charge in [0.1, 0.15) is 5.75 Å². The molecule has 5 heteroatoms. The highest BCUT2D eigenvalue weighted by Crippen LogP contribution is 2.22. The lowest BCUT2D eigenvalue weighted by molar-refractivity contribution is 0.412. The number of methoxy groups -OCH3 is 1. The van der Waals surface area contributed by atoms with E-state index in [0.29, 0.717) is 0 Å². The summed E-state index contributed by atoms with van der Waals surface area (Å²) in [7, 11) is 3.62. The Balaban J connectivity index is 2.05. The normalized spacial score (nSPS) is 12.4. The molecule has 1 aromatic heterocycles. The first kappa shape index (κ1) is 13.6. The van der Waals surface area contributed by atoms with E-state index in [9.17, 15) is 0 Å². The number of benzene rings is 1. The van der Waals surface area contributed by atoms with Crippen molar-refractivity contribution in [3.05, 3.63) is 47.8 Å². The molecular formula is C14H20N4O. The summed E-state index contributed by atoms with van der Waals surface area (Å²) in [6, 6.07) is 10.1. The lowest BCUT2D eigenvalue weighted by atomic mass is 10.0. The fraction of sp³-hybridized carbons (Fsp3) is 0.357. The molecule has 0 amide bonds. The van der Waals surface area contributed by atoms with Gasteiger partial charge in [0.2, 0.25) is 0 Å². The van der Waals surface area contributed by atoms with Crippen LogP contribution in [0.5, 0.6) is 5.75 Å². The second kappa shape index (κ2) is 6.36. The molecule has 1 heterocycles. The zero-order valence-corrected chi connectivity index (χ0v) is 11.3. The van der Waals surface area contributed by atoms with E-state index >= 15 is 0 Å². The minimum absolute atomic E-state index is 0.102. The third kappa shape index (κ3) is 3.33. The fourth-order valence-electron chi connectivity index (χ4n) is 2.14. The Hall–Kier alpha value is -1.85. The third-order valence-electron chi connectivity index (χ3n) is 3.31. The van der Waals surface area contributed by atoms with E-state index in [4.69, 9.17) is 10.6 Å². The molecule has 0 saturated heterocycles. The molecule has 0 fully saturated rings. The molecule has 0 spiro atoms. The first-order valence-corrected chi connectivity index (χ1v) is 6.31. The number of nitrogens with one attached hydrogen (secondary N) is 1. The molecule has 102 valence electrons. The molecule has 19 heavy (non-hydrogen) atoms. The quantitative estimate of drug-likeness (QED) is 0.611. The van der Waals surface area contributed by atoms with Crippen molar-refractivity contribution in [1.82, 2.24) is 15.2 Å². The molecule has 1 aromatic carbocycles. The molecule has 0 aliphatic rings. The number of hydrogen-bond donors (Lipinski definition) is 2. The first-order chi connectivity index (χ1) is 9.24. The van der Waals surface area contributed by atoms with Crippen molar-refractivity contribution in [2.75, 3.05) is 7.11 Å². The average molecular weight is 260 g/mol. The minimum atomic E-state index is 0.102. The molecule has 3 N–H and O–H groups in total. The summed E-state index contributed by atoms with van der Waals surface area (Å²) < 4.78 is 7.12. The molecule has 1 unspecified atom stereocenters. The zero-order chi connectivity index (χ0) is 13.7. The maximum atomic E-state index is 5.66. The summed E-state index contributed by atoms with van der Waals surface area (Å²) >= 11 is 0. The molecule has 0 aliphatic carbocycles. The van der Waals surface area contributed by atoms with Gasteiger partial charge in [-0.1, -0.05) is 12.1 Å². The smallest absolute Gasteiger partial charge is 0.119 e. The lowest BCUT2D eigenvalue weighted by Gasteiger charge is -2.17. The van der Waals surface area contributed by atoms with Gasteiger partial charge in [-0.15, -0.1) is 0 Å². The topological polar surface area (TPSA) is 65.1 Å². The van der Waals surface area contributed by atoms with Crippen molar-refractivity contribution >= 4 is 0 Å². The second-order valence-electron chi connectivity index (χ2n) is 4.48. The lowest BCUT2D eigenvalue weighted by Crippen LogP contribution is -2.28. The predicted octanol–water partition coefficient (Wildman–Crippen LogP) is 1.57. The monoisotopic (exact) mass is 260 g/mol. The van der Waals surface area contributed by atoms with Gasteiger partial charge in [-0.05, 0) is 36.6 Å². The summed E-state index contributed by atoms with van der Waals surface area (Å²) in [5.41, 5.74) is 5.19. The summed E-state index contributed by atoms with van der Waals surface area (Å²) in [4.78, 5) is 0. The summed E-state index contributed by atoms with van der Waals surface area (Å²) in [6.45, 7) is 0. The Kier molecular flexibility index (Phi) is 4.54. The van der Waals surface area contributed by atoms with E-state index in [1.165, 1.54) is 5.69 Å². The Bertz CT molecular complexity index is 524. The van der Waals surface area contributed by atoms with Crippen LogP contribution in [-0.4, -0.2) is 16.9 Å². The van der Waals surface area contributed by atoms with Crippen LogP contribution in [0.25, 0.3) is 0 Å². The van der Waals surface area contributed by atoms with E-state index < -0.39 is 0 Å². The van der Waals surface area contributed by atoms with Crippen molar-refractivity contribution in [3.63, 3.8) is 0 Å². The van der Waals surface area contributed by atoms with E-state index in [2.05, 4.69) is 16.6 Å². The minimum Gasteiger partial charge on any atom is -0.497 e. The number of aromatic nitrogens is 2. The first-order valence-electron chi connectivity index (χ1n) is 6.31. The third-order valence-corrected chi connectivity index (χ3v) is 3.31. The number of nitrogens with zero attached hydrogens (tertiary/aromatic N) is 2. The molecule has 0 radical (unpaired) electrons. The molecule has 0 bridgehead atoms. The number of aryl methyl sites for hydroxylation is 2. The second-order valence-corrected chi connectivity index (χ2v) is 4.48. The van der Waals surface area contributed by atoms with E-state index in [0.717, 1.165) is 24.2 Å². The van der Waals surface area contributed by atoms with Crippen LogP contribution in [0.4, 0.5) is 0 Å². The average Bonchev–Trinajstić information content (AvgIpc) is 2.85. The van der Waals surface area contributed by atoms with Gasteiger partial charge in [-0.25, -0.2) is 0 Å². The maximum absolute atomic E-state index is 5.66. The molecular weight excluding hydrogens is 240 g/mol. The van der Waals surface area contributed by atoms with E-state index in [1.807, 2.05) is 42.2 Å². The number of hydrazine groups is 1. The highest BCUT2D eigenvalue weighted by Gasteiger charge is 2.11. The Morgan fingerprint density at radius 2 is 2.26 bits per heavy atom. The predicted molar refractivity (Wildman–Crippen MR) is 74.6 cm³/mol. The summed E-state index contributed by atoms with van der Waals surface area (Å²) in [6.07, 6.45) is 3.64. The van der Waals surface area contributed by atoms with Gasteiger partial charge >= 0.3 is 0 Å². The van der Waals surface area contributed by atoms with Crippen molar-refractivity contribution < 1.29 is 4.74 Å². The van der Waals surface area contributed by atoms with Crippen LogP contribution in [0.3, 0.4) is 0 Å². The highest BCUT2D eigenvalue weighted by atomic mass is 16.5. The van der Waals surface area contributed by atoms with Crippen LogP contribution < -0.4 is 16.0 Å². The molecule has 0 aliphatic heterocycles. The number of rotatable bonds is 6. The standard InChI is InChI=1S/C14H20N4O/c1-18-12(8-9-16-18)6-7-14(17-15)11-4-3-5-13(10-11)19-2/h3-5,8-10,14,17H,6-7,15H2,1-2H3. The van der Waals surface area contributed by atoms with Gasteiger partial charge in [0, 0.05) is 25.0 Å². The van der Waals surface area contributed by atoms with Crippen LogP contribution in [0, 0.1) is 0 Å². The number of hydrogen-bond acceptors (Lipinski definition) is 4. The van der Waals surface area contributed by atoms with Crippen molar-refractivity contribution in [1.29, 1.82) is 0 Å². The van der Waals surface area contributed by atoms with Gasteiger partial charge in [0.15, 0.2) is 0 Å².